The third kappa shape index (κ3) is 2.30. The fourth-order valence-electron chi connectivity index (χ4n) is 1.78. The van der Waals surface area contributed by atoms with Gasteiger partial charge in [-0.05, 0) is 29.8 Å². The zero-order chi connectivity index (χ0) is 14.9. The van der Waals surface area contributed by atoms with E-state index in [0.29, 0.717) is 0 Å². The maximum atomic E-state index is 13.4. The summed E-state index contributed by atoms with van der Waals surface area (Å²) in [4.78, 5) is 19.6. The standard InChI is InChI=1S/C12H6F2N2O4/c13-8-3-1-7(2-4-8)9-5-6-10(14)12(16(19)20)11(9)15(17)18/h1-6H. The maximum Gasteiger partial charge on any atom is 0.381 e. The van der Waals surface area contributed by atoms with Crippen molar-refractivity contribution >= 4 is 11.4 Å². The fraction of sp³-hybridized carbons (Fsp3) is 0. The van der Waals surface area contributed by atoms with Crippen molar-refractivity contribution in [2.45, 2.75) is 0 Å². The van der Waals surface area contributed by atoms with Crippen molar-refractivity contribution in [1.29, 1.82) is 0 Å². The van der Waals surface area contributed by atoms with Crippen molar-refractivity contribution in [2.75, 3.05) is 0 Å². The number of hydrogen-bond acceptors (Lipinski definition) is 4. The number of benzene rings is 2. The van der Waals surface area contributed by atoms with E-state index in [0.717, 1.165) is 24.3 Å². The molecule has 2 aromatic carbocycles. The molecule has 0 fully saturated rings. The van der Waals surface area contributed by atoms with Crippen LogP contribution in [-0.4, -0.2) is 9.85 Å². The molecule has 0 aliphatic heterocycles. The van der Waals surface area contributed by atoms with E-state index in [1.165, 1.54) is 12.1 Å². The molecule has 0 atom stereocenters. The zero-order valence-corrected chi connectivity index (χ0v) is 9.75. The second-order valence-corrected chi connectivity index (χ2v) is 3.81. The first kappa shape index (κ1) is 13.5. The Bertz CT molecular complexity index is 701. The van der Waals surface area contributed by atoms with Gasteiger partial charge in [0.15, 0.2) is 0 Å². The molecule has 0 bridgehead atoms. The Labute approximate surface area is 110 Å². The molecule has 0 saturated heterocycles. The van der Waals surface area contributed by atoms with E-state index in [4.69, 9.17) is 0 Å². The molecule has 0 unspecified atom stereocenters. The highest BCUT2D eigenvalue weighted by Crippen LogP contribution is 2.39. The van der Waals surface area contributed by atoms with Crippen molar-refractivity contribution in [3.05, 3.63) is 68.3 Å². The Balaban J connectivity index is 2.77. The van der Waals surface area contributed by atoms with Gasteiger partial charge in [-0.25, -0.2) is 4.39 Å². The van der Waals surface area contributed by atoms with Gasteiger partial charge in [0.2, 0.25) is 5.82 Å². The van der Waals surface area contributed by atoms with Crippen molar-refractivity contribution in [3.8, 4) is 11.1 Å². The Morgan fingerprint density at radius 3 is 1.85 bits per heavy atom. The third-order valence-corrected chi connectivity index (χ3v) is 2.62. The van der Waals surface area contributed by atoms with Crippen LogP contribution in [0.15, 0.2) is 36.4 Å². The van der Waals surface area contributed by atoms with Gasteiger partial charge in [-0.2, -0.15) is 4.39 Å². The highest BCUT2D eigenvalue weighted by molar-refractivity contribution is 5.79. The quantitative estimate of drug-likeness (QED) is 0.636. The van der Waals surface area contributed by atoms with Gasteiger partial charge in [0.1, 0.15) is 5.82 Å². The van der Waals surface area contributed by atoms with Gasteiger partial charge in [-0.15, -0.1) is 0 Å². The van der Waals surface area contributed by atoms with E-state index in [1.54, 1.807) is 0 Å². The van der Waals surface area contributed by atoms with Gasteiger partial charge in [0, 0.05) is 0 Å². The SMILES string of the molecule is O=[N+]([O-])c1c(F)ccc(-c2ccc(F)cc2)c1[N+](=O)[O-]. The van der Waals surface area contributed by atoms with Crippen LogP contribution in [0.3, 0.4) is 0 Å². The first-order chi connectivity index (χ1) is 9.41. The van der Waals surface area contributed by atoms with Crippen molar-refractivity contribution in [1.82, 2.24) is 0 Å². The number of nitrogens with zero attached hydrogens (tertiary/aromatic N) is 2. The molecule has 0 aliphatic carbocycles. The first-order valence-electron chi connectivity index (χ1n) is 5.29. The lowest BCUT2D eigenvalue weighted by atomic mass is 10.0. The summed E-state index contributed by atoms with van der Waals surface area (Å²) in [5.41, 5.74) is -2.14. The first-order valence-corrected chi connectivity index (χ1v) is 5.29. The summed E-state index contributed by atoms with van der Waals surface area (Å²) in [6.45, 7) is 0. The fourth-order valence-corrected chi connectivity index (χ4v) is 1.78. The molecule has 0 saturated carbocycles. The summed E-state index contributed by atoms with van der Waals surface area (Å²) in [6.07, 6.45) is 0. The summed E-state index contributed by atoms with van der Waals surface area (Å²) < 4.78 is 26.2. The second-order valence-electron chi connectivity index (χ2n) is 3.81. The van der Waals surface area contributed by atoms with Gasteiger partial charge < -0.3 is 0 Å². The average Bonchev–Trinajstić information content (AvgIpc) is 2.39. The molecule has 0 N–H and O–H groups in total. The lowest BCUT2D eigenvalue weighted by molar-refractivity contribution is -0.423. The van der Waals surface area contributed by atoms with Crippen LogP contribution < -0.4 is 0 Å². The van der Waals surface area contributed by atoms with Gasteiger partial charge in [-0.1, -0.05) is 12.1 Å². The second kappa shape index (κ2) is 5.00. The van der Waals surface area contributed by atoms with Crippen LogP contribution in [0.1, 0.15) is 0 Å². The Morgan fingerprint density at radius 1 is 0.800 bits per heavy atom. The van der Waals surface area contributed by atoms with Crippen LogP contribution in [-0.2, 0) is 0 Å². The summed E-state index contributed by atoms with van der Waals surface area (Å²) in [6, 6.07) is 6.36. The van der Waals surface area contributed by atoms with E-state index in [-0.39, 0.29) is 11.1 Å². The molecule has 6 nitrogen and oxygen atoms in total. The van der Waals surface area contributed by atoms with Crippen LogP contribution in [0, 0.1) is 31.9 Å². The molecular weight excluding hydrogens is 274 g/mol. The van der Waals surface area contributed by atoms with Crippen molar-refractivity contribution in [2.24, 2.45) is 0 Å². The number of hydrogen-bond donors (Lipinski definition) is 0. The minimum Gasteiger partial charge on any atom is -0.258 e. The summed E-state index contributed by atoms with van der Waals surface area (Å²) >= 11 is 0. The molecular formula is C12H6F2N2O4. The molecule has 0 heterocycles. The van der Waals surface area contributed by atoms with Gasteiger partial charge in [-0.3, -0.25) is 20.2 Å². The van der Waals surface area contributed by atoms with E-state index in [1.807, 2.05) is 0 Å². The van der Waals surface area contributed by atoms with Gasteiger partial charge in [0.25, 0.3) is 0 Å². The average molecular weight is 280 g/mol. The van der Waals surface area contributed by atoms with Crippen LogP contribution in [0.2, 0.25) is 0 Å². The van der Waals surface area contributed by atoms with Crippen molar-refractivity contribution < 1.29 is 18.6 Å². The number of nitro benzene ring substituents is 2. The summed E-state index contributed by atoms with van der Waals surface area (Å²) in [7, 11) is 0. The summed E-state index contributed by atoms with van der Waals surface area (Å²) in [5.74, 6) is -1.86. The topological polar surface area (TPSA) is 86.3 Å². The Kier molecular flexibility index (Phi) is 3.38. The molecule has 102 valence electrons. The Hall–Kier alpha value is -2.90. The summed E-state index contributed by atoms with van der Waals surface area (Å²) in [5, 5.41) is 21.8. The zero-order valence-electron chi connectivity index (χ0n) is 9.75. The van der Waals surface area contributed by atoms with E-state index >= 15 is 0 Å². The normalized spacial score (nSPS) is 10.3. The number of halogens is 2. The molecule has 0 spiro atoms. The minimum atomic E-state index is -1.30. The highest BCUT2D eigenvalue weighted by Gasteiger charge is 2.33. The largest absolute Gasteiger partial charge is 0.381 e. The molecule has 0 amide bonds. The monoisotopic (exact) mass is 280 g/mol. The molecule has 0 aromatic heterocycles. The van der Waals surface area contributed by atoms with Gasteiger partial charge in [0.05, 0.1) is 15.4 Å². The molecule has 0 radical (unpaired) electrons. The predicted octanol–water partition coefficient (Wildman–Crippen LogP) is 3.45. The molecule has 0 aliphatic rings. The minimum absolute atomic E-state index is 0.150. The van der Waals surface area contributed by atoms with Crippen molar-refractivity contribution in [3.63, 3.8) is 0 Å². The van der Waals surface area contributed by atoms with Crippen LogP contribution in [0.25, 0.3) is 11.1 Å². The van der Waals surface area contributed by atoms with E-state index in [2.05, 4.69) is 0 Å². The van der Waals surface area contributed by atoms with E-state index in [9.17, 15) is 29.0 Å². The van der Waals surface area contributed by atoms with Crippen LogP contribution >= 0.6 is 0 Å². The molecule has 20 heavy (non-hydrogen) atoms. The van der Waals surface area contributed by atoms with E-state index < -0.39 is 32.9 Å². The Morgan fingerprint density at radius 2 is 1.35 bits per heavy atom. The molecule has 8 heteroatoms. The predicted molar refractivity (Wildman–Crippen MR) is 65.1 cm³/mol. The van der Waals surface area contributed by atoms with Crippen LogP contribution in [0.4, 0.5) is 20.2 Å². The number of rotatable bonds is 3. The van der Waals surface area contributed by atoms with Crippen LogP contribution in [0.5, 0.6) is 0 Å². The van der Waals surface area contributed by atoms with Gasteiger partial charge >= 0.3 is 11.4 Å². The highest BCUT2D eigenvalue weighted by atomic mass is 19.1. The molecule has 2 rings (SSSR count). The maximum absolute atomic E-state index is 13.4. The third-order valence-electron chi connectivity index (χ3n) is 2.62. The molecule has 2 aromatic rings. The smallest absolute Gasteiger partial charge is 0.258 e. The lowest BCUT2D eigenvalue weighted by Gasteiger charge is -2.04. The lowest BCUT2D eigenvalue weighted by Crippen LogP contribution is -2.01. The number of nitro groups is 2.